The third kappa shape index (κ3) is 4.68. The normalized spacial score (nSPS) is 14.3. The highest BCUT2D eigenvalue weighted by Gasteiger charge is 2.29. The predicted octanol–water partition coefficient (Wildman–Crippen LogP) is 4.42. The summed E-state index contributed by atoms with van der Waals surface area (Å²) in [5, 5.41) is 8.85. The van der Waals surface area contributed by atoms with Crippen LogP contribution in [0.2, 0.25) is 0 Å². The minimum absolute atomic E-state index is 0.0444. The first-order valence-electron chi connectivity index (χ1n) is 10.8. The first-order valence-corrected chi connectivity index (χ1v) is 10.8. The van der Waals surface area contributed by atoms with Gasteiger partial charge in [-0.05, 0) is 68.3 Å². The van der Waals surface area contributed by atoms with Gasteiger partial charge in [0.1, 0.15) is 5.75 Å². The summed E-state index contributed by atoms with van der Waals surface area (Å²) in [5.41, 5.74) is 2.81. The minimum Gasteiger partial charge on any atom is -0.497 e. The molecule has 1 saturated heterocycles. The third-order valence-electron chi connectivity index (χ3n) is 5.85. The summed E-state index contributed by atoms with van der Waals surface area (Å²) in [5.74, 6) is 1.94. The van der Waals surface area contributed by atoms with Gasteiger partial charge in [-0.3, -0.25) is 4.79 Å². The first-order chi connectivity index (χ1) is 15.2. The van der Waals surface area contributed by atoms with Crippen LogP contribution >= 0.6 is 0 Å². The Bertz CT molecular complexity index is 982. The molecule has 1 aromatic heterocycles. The average Bonchev–Trinajstić information content (AvgIpc) is 2.85. The van der Waals surface area contributed by atoms with Crippen LogP contribution in [0.4, 0.5) is 11.5 Å². The molecule has 6 heteroatoms. The van der Waals surface area contributed by atoms with Gasteiger partial charge < -0.3 is 14.5 Å². The summed E-state index contributed by atoms with van der Waals surface area (Å²) in [6, 6.07) is 21.7. The molecule has 0 N–H and O–H groups in total. The number of aromatic nitrogens is 2. The van der Waals surface area contributed by atoms with Crippen LogP contribution < -0.4 is 14.5 Å². The number of hydrogen-bond donors (Lipinski definition) is 0. The SMILES string of the molecule is CCN(C(=O)C1CCN(c2ccc(-c3ccc(OC)cc3)nn2)CC1)c1ccccc1. The number of ether oxygens (including phenoxy) is 1. The molecule has 0 saturated carbocycles. The van der Waals surface area contributed by atoms with E-state index in [1.54, 1.807) is 7.11 Å². The third-order valence-corrected chi connectivity index (χ3v) is 5.85. The van der Waals surface area contributed by atoms with Crippen molar-refractivity contribution < 1.29 is 9.53 Å². The molecule has 6 nitrogen and oxygen atoms in total. The summed E-state index contributed by atoms with van der Waals surface area (Å²) < 4.78 is 5.21. The van der Waals surface area contributed by atoms with Crippen LogP contribution in [0.5, 0.6) is 5.75 Å². The van der Waals surface area contributed by atoms with Crippen LogP contribution in [0.15, 0.2) is 66.7 Å². The van der Waals surface area contributed by atoms with Gasteiger partial charge in [0.05, 0.1) is 12.8 Å². The van der Waals surface area contributed by atoms with Crippen molar-refractivity contribution >= 4 is 17.4 Å². The van der Waals surface area contributed by atoms with Gasteiger partial charge in [0.25, 0.3) is 0 Å². The van der Waals surface area contributed by atoms with E-state index in [0.29, 0.717) is 6.54 Å². The molecule has 0 unspecified atom stereocenters. The summed E-state index contributed by atoms with van der Waals surface area (Å²) in [7, 11) is 1.65. The van der Waals surface area contributed by atoms with E-state index in [-0.39, 0.29) is 11.8 Å². The molecular weight excluding hydrogens is 388 g/mol. The highest BCUT2D eigenvalue weighted by Crippen LogP contribution is 2.27. The summed E-state index contributed by atoms with van der Waals surface area (Å²) >= 11 is 0. The van der Waals surface area contributed by atoms with Gasteiger partial charge in [0, 0.05) is 36.8 Å². The van der Waals surface area contributed by atoms with Crippen molar-refractivity contribution in [3.8, 4) is 17.0 Å². The number of benzene rings is 2. The van der Waals surface area contributed by atoms with E-state index in [1.807, 2.05) is 78.6 Å². The van der Waals surface area contributed by atoms with Gasteiger partial charge in [0.2, 0.25) is 5.91 Å². The van der Waals surface area contributed by atoms with Gasteiger partial charge in [-0.25, -0.2) is 0 Å². The van der Waals surface area contributed by atoms with Crippen LogP contribution in [0, 0.1) is 5.92 Å². The van der Waals surface area contributed by atoms with Crippen molar-refractivity contribution in [2.24, 2.45) is 5.92 Å². The Labute approximate surface area is 183 Å². The fourth-order valence-corrected chi connectivity index (χ4v) is 4.06. The highest BCUT2D eigenvalue weighted by atomic mass is 16.5. The number of nitrogens with zero attached hydrogens (tertiary/aromatic N) is 4. The van der Waals surface area contributed by atoms with Crippen LogP contribution in [0.1, 0.15) is 19.8 Å². The summed E-state index contributed by atoms with van der Waals surface area (Å²) in [6.07, 6.45) is 1.65. The predicted molar refractivity (Wildman–Crippen MR) is 123 cm³/mol. The van der Waals surface area contributed by atoms with Crippen LogP contribution in [-0.4, -0.2) is 42.8 Å². The smallest absolute Gasteiger partial charge is 0.230 e. The van der Waals surface area contributed by atoms with E-state index in [2.05, 4.69) is 15.1 Å². The number of anilines is 2. The second-order valence-corrected chi connectivity index (χ2v) is 7.68. The molecule has 0 radical (unpaired) electrons. The Morgan fingerprint density at radius 1 is 1.00 bits per heavy atom. The lowest BCUT2D eigenvalue weighted by atomic mass is 9.95. The molecule has 160 valence electrons. The van der Waals surface area contributed by atoms with Gasteiger partial charge in [-0.2, -0.15) is 0 Å². The summed E-state index contributed by atoms with van der Waals surface area (Å²) in [6.45, 7) is 4.32. The number of rotatable bonds is 6. The number of methoxy groups -OCH3 is 1. The Kier molecular flexibility index (Phi) is 6.46. The fraction of sp³-hybridized carbons (Fsp3) is 0.320. The zero-order chi connectivity index (χ0) is 21.6. The van der Waals surface area contributed by atoms with E-state index >= 15 is 0 Å². The van der Waals surface area contributed by atoms with Crippen LogP contribution in [0.3, 0.4) is 0 Å². The van der Waals surface area contributed by atoms with Crippen molar-refractivity contribution in [3.05, 3.63) is 66.7 Å². The monoisotopic (exact) mass is 416 g/mol. The number of amides is 1. The molecule has 2 heterocycles. The summed E-state index contributed by atoms with van der Waals surface area (Å²) in [4.78, 5) is 17.2. The standard InChI is InChI=1S/C25H28N4O2/c1-3-29(21-7-5-4-6-8-21)25(30)20-15-17-28(18-16-20)24-14-13-23(26-27-24)19-9-11-22(31-2)12-10-19/h4-14,20H,3,15-18H2,1-2H3. The maximum Gasteiger partial charge on any atom is 0.230 e. The van der Waals surface area contributed by atoms with E-state index in [0.717, 1.165) is 54.4 Å². The van der Waals surface area contributed by atoms with Crippen molar-refractivity contribution in [3.63, 3.8) is 0 Å². The molecule has 4 rings (SSSR count). The van der Waals surface area contributed by atoms with Crippen LogP contribution in [-0.2, 0) is 4.79 Å². The molecule has 2 aromatic carbocycles. The molecule has 31 heavy (non-hydrogen) atoms. The molecule has 1 aliphatic rings. The van der Waals surface area contributed by atoms with E-state index in [1.165, 1.54) is 0 Å². The quantitative estimate of drug-likeness (QED) is 0.595. The van der Waals surface area contributed by atoms with E-state index in [4.69, 9.17) is 4.74 Å². The topological polar surface area (TPSA) is 58.6 Å². The maximum absolute atomic E-state index is 13.1. The lowest BCUT2D eigenvalue weighted by Gasteiger charge is -2.34. The highest BCUT2D eigenvalue weighted by molar-refractivity contribution is 5.95. The Morgan fingerprint density at radius 2 is 1.71 bits per heavy atom. The van der Waals surface area contributed by atoms with Crippen molar-refractivity contribution in [1.82, 2.24) is 10.2 Å². The largest absolute Gasteiger partial charge is 0.497 e. The van der Waals surface area contributed by atoms with Crippen LogP contribution in [0.25, 0.3) is 11.3 Å². The number of piperidine rings is 1. The molecule has 0 bridgehead atoms. The Hall–Kier alpha value is -3.41. The Balaban J connectivity index is 1.37. The van der Waals surface area contributed by atoms with Gasteiger partial charge in [-0.15, -0.1) is 10.2 Å². The fourth-order valence-electron chi connectivity index (χ4n) is 4.06. The minimum atomic E-state index is 0.0444. The second kappa shape index (κ2) is 9.60. The molecule has 1 fully saturated rings. The lowest BCUT2D eigenvalue weighted by molar-refractivity contribution is -0.122. The average molecular weight is 417 g/mol. The van der Waals surface area contributed by atoms with Gasteiger partial charge in [0.15, 0.2) is 5.82 Å². The molecule has 1 aliphatic heterocycles. The first kappa shape index (κ1) is 20.8. The number of para-hydroxylation sites is 1. The molecule has 0 spiro atoms. The van der Waals surface area contributed by atoms with Crippen molar-refractivity contribution in [1.29, 1.82) is 0 Å². The lowest BCUT2D eigenvalue weighted by Crippen LogP contribution is -2.43. The zero-order valence-electron chi connectivity index (χ0n) is 18.1. The zero-order valence-corrected chi connectivity index (χ0v) is 18.1. The maximum atomic E-state index is 13.1. The van der Waals surface area contributed by atoms with Crippen molar-refractivity contribution in [2.75, 3.05) is 36.5 Å². The molecule has 0 atom stereocenters. The van der Waals surface area contributed by atoms with E-state index in [9.17, 15) is 4.79 Å². The molecule has 1 amide bonds. The second-order valence-electron chi connectivity index (χ2n) is 7.68. The van der Waals surface area contributed by atoms with E-state index < -0.39 is 0 Å². The molecule has 0 aliphatic carbocycles. The number of carbonyl (C=O) groups is 1. The van der Waals surface area contributed by atoms with Gasteiger partial charge >= 0.3 is 0 Å². The molecular formula is C25H28N4O2. The van der Waals surface area contributed by atoms with Gasteiger partial charge in [-0.1, -0.05) is 18.2 Å². The number of carbonyl (C=O) groups excluding carboxylic acids is 1. The molecule has 3 aromatic rings. The van der Waals surface area contributed by atoms with Crippen molar-refractivity contribution in [2.45, 2.75) is 19.8 Å². The number of hydrogen-bond acceptors (Lipinski definition) is 5. The Morgan fingerprint density at radius 3 is 2.29 bits per heavy atom.